The standard InChI is InChI=1S/C19H29N3O/c1-2-3-4-5-15-6-8-16(9-7-15)14-18-21-19(22-23-18)17-10-12-20-13-11-17/h10-13,15-16,18H,2-9,14H2,1H3,(H,21,22). The Balaban J connectivity index is 1.42. The molecule has 1 aromatic rings. The fourth-order valence-corrected chi connectivity index (χ4v) is 3.79. The van der Waals surface area contributed by atoms with Gasteiger partial charge in [0.2, 0.25) is 0 Å². The number of aliphatic imine (C=N–C) groups is 1. The van der Waals surface area contributed by atoms with E-state index in [0.717, 1.165) is 29.7 Å². The predicted octanol–water partition coefficient (Wildman–Crippen LogP) is 4.47. The summed E-state index contributed by atoms with van der Waals surface area (Å²) in [5.74, 6) is 2.58. The summed E-state index contributed by atoms with van der Waals surface area (Å²) in [6.07, 6.45) is 15.7. The summed E-state index contributed by atoms with van der Waals surface area (Å²) in [6.45, 7) is 2.28. The van der Waals surface area contributed by atoms with Crippen LogP contribution in [0.15, 0.2) is 29.5 Å². The Kier molecular flexibility index (Phi) is 6.03. The molecular formula is C19H29N3O. The molecule has 1 aliphatic carbocycles. The average molecular weight is 315 g/mol. The number of amidine groups is 1. The number of aromatic nitrogens is 1. The van der Waals surface area contributed by atoms with Gasteiger partial charge in [0.25, 0.3) is 0 Å². The monoisotopic (exact) mass is 315 g/mol. The summed E-state index contributed by atoms with van der Waals surface area (Å²) in [4.78, 5) is 14.4. The summed E-state index contributed by atoms with van der Waals surface area (Å²) >= 11 is 0. The molecule has 1 aromatic heterocycles. The molecule has 0 spiro atoms. The number of hydrogen-bond donors (Lipinski definition) is 1. The van der Waals surface area contributed by atoms with Crippen LogP contribution in [0.2, 0.25) is 0 Å². The maximum Gasteiger partial charge on any atom is 0.177 e. The van der Waals surface area contributed by atoms with Crippen molar-refractivity contribution < 1.29 is 4.84 Å². The lowest BCUT2D eigenvalue weighted by Crippen LogP contribution is -2.22. The molecule has 1 saturated carbocycles. The number of unbranched alkanes of at least 4 members (excludes halogenated alkanes) is 2. The van der Waals surface area contributed by atoms with Crippen molar-refractivity contribution >= 4 is 5.84 Å². The van der Waals surface area contributed by atoms with E-state index in [9.17, 15) is 0 Å². The smallest absolute Gasteiger partial charge is 0.177 e. The first-order chi connectivity index (χ1) is 11.3. The summed E-state index contributed by atoms with van der Waals surface area (Å²) in [5.41, 5.74) is 4.02. The highest BCUT2D eigenvalue weighted by Crippen LogP contribution is 2.35. The lowest BCUT2D eigenvalue weighted by molar-refractivity contribution is 0.0178. The van der Waals surface area contributed by atoms with Gasteiger partial charge in [-0.25, -0.2) is 15.3 Å². The largest absolute Gasteiger partial charge is 0.265 e. The Labute approximate surface area is 139 Å². The second-order valence-electron chi connectivity index (χ2n) is 7.01. The number of hydroxylamine groups is 1. The van der Waals surface area contributed by atoms with Crippen molar-refractivity contribution in [1.82, 2.24) is 10.5 Å². The second kappa shape index (κ2) is 8.44. The van der Waals surface area contributed by atoms with Crippen molar-refractivity contribution in [2.75, 3.05) is 0 Å². The van der Waals surface area contributed by atoms with Crippen LogP contribution in [0, 0.1) is 11.8 Å². The first-order valence-corrected chi connectivity index (χ1v) is 9.25. The quantitative estimate of drug-likeness (QED) is 0.755. The lowest BCUT2D eigenvalue weighted by atomic mass is 9.78. The maximum atomic E-state index is 5.65. The van der Waals surface area contributed by atoms with E-state index < -0.39 is 0 Å². The minimum Gasteiger partial charge on any atom is -0.265 e. The number of rotatable bonds is 7. The number of nitrogens with one attached hydrogen (secondary N) is 1. The Bertz CT molecular complexity index is 495. The third-order valence-corrected chi connectivity index (χ3v) is 5.24. The average Bonchev–Trinajstić information content (AvgIpc) is 3.06. The third-order valence-electron chi connectivity index (χ3n) is 5.24. The molecule has 1 N–H and O–H groups in total. The van der Waals surface area contributed by atoms with Gasteiger partial charge in [-0.1, -0.05) is 58.3 Å². The summed E-state index contributed by atoms with van der Waals surface area (Å²) in [6, 6.07) is 3.91. The molecule has 0 bridgehead atoms. The normalized spacial score (nSPS) is 27.5. The van der Waals surface area contributed by atoms with Gasteiger partial charge < -0.3 is 0 Å². The minimum absolute atomic E-state index is 0.0280. The van der Waals surface area contributed by atoms with Gasteiger partial charge in [0.05, 0.1) is 0 Å². The second-order valence-corrected chi connectivity index (χ2v) is 7.01. The summed E-state index contributed by atoms with van der Waals surface area (Å²) in [7, 11) is 0. The van der Waals surface area contributed by atoms with Crippen molar-refractivity contribution in [2.24, 2.45) is 16.8 Å². The lowest BCUT2D eigenvalue weighted by Gasteiger charge is -2.29. The topological polar surface area (TPSA) is 46.5 Å². The van der Waals surface area contributed by atoms with Crippen molar-refractivity contribution in [3.8, 4) is 0 Å². The summed E-state index contributed by atoms with van der Waals surface area (Å²) < 4.78 is 0. The number of nitrogens with zero attached hydrogens (tertiary/aromatic N) is 2. The zero-order valence-electron chi connectivity index (χ0n) is 14.2. The Morgan fingerprint density at radius 1 is 1.09 bits per heavy atom. The van der Waals surface area contributed by atoms with Crippen LogP contribution in [0.1, 0.15) is 70.3 Å². The first kappa shape index (κ1) is 16.4. The van der Waals surface area contributed by atoms with Crippen molar-refractivity contribution in [3.05, 3.63) is 30.1 Å². The Morgan fingerprint density at radius 2 is 1.83 bits per heavy atom. The van der Waals surface area contributed by atoms with E-state index >= 15 is 0 Å². The highest BCUT2D eigenvalue weighted by Gasteiger charge is 2.26. The van der Waals surface area contributed by atoms with Crippen LogP contribution in [0.3, 0.4) is 0 Å². The molecule has 0 amide bonds. The van der Waals surface area contributed by atoms with Crippen LogP contribution in [-0.4, -0.2) is 17.0 Å². The van der Waals surface area contributed by atoms with Crippen molar-refractivity contribution in [3.63, 3.8) is 0 Å². The SMILES string of the molecule is CCCCCC1CCC(CC2N=C(c3ccncc3)NO2)CC1. The highest BCUT2D eigenvalue weighted by atomic mass is 16.7. The van der Waals surface area contributed by atoms with Crippen LogP contribution in [0.4, 0.5) is 0 Å². The van der Waals surface area contributed by atoms with E-state index in [-0.39, 0.29) is 6.23 Å². The van der Waals surface area contributed by atoms with Gasteiger partial charge in [-0.3, -0.25) is 4.98 Å². The Hall–Kier alpha value is -1.42. The molecule has 0 aromatic carbocycles. The third kappa shape index (κ3) is 4.77. The molecular weight excluding hydrogens is 286 g/mol. The van der Waals surface area contributed by atoms with E-state index in [1.807, 2.05) is 12.1 Å². The molecule has 4 nitrogen and oxygen atoms in total. The Morgan fingerprint density at radius 3 is 2.57 bits per heavy atom. The van der Waals surface area contributed by atoms with Crippen molar-refractivity contribution in [2.45, 2.75) is 70.9 Å². The molecule has 1 unspecified atom stereocenters. The first-order valence-electron chi connectivity index (χ1n) is 9.25. The molecule has 1 aliphatic heterocycles. The minimum atomic E-state index is -0.0280. The number of pyridine rings is 1. The van der Waals surface area contributed by atoms with Crippen LogP contribution in [0.5, 0.6) is 0 Å². The maximum absolute atomic E-state index is 5.65. The van der Waals surface area contributed by atoms with E-state index in [4.69, 9.17) is 4.84 Å². The molecule has 2 aliphatic rings. The van der Waals surface area contributed by atoms with Gasteiger partial charge in [0, 0.05) is 18.0 Å². The van der Waals surface area contributed by atoms with E-state index in [1.165, 1.54) is 51.4 Å². The molecule has 1 atom stereocenters. The van der Waals surface area contributed by atoms with E-state index in [2.05, 4.69) is 22.4 Å². The highest BCUT2D eigenvalue weighted by molar-refractivity contribution is 5.98. The molecule has 3 rings (SSSR count). The molecule has 0 saturated heterocycles. The van der Waals surface area contributed by atoms with Crippen LogP contribution < -0.4 is 5.48 Å². The zero-order valence-corrected chi connectivity index (χ0v) is 14.2. The molecule has 2 heterocycles. The van der Waals surface area contributed by atoms with E-state index in [0.29, 0.717) is 0 Å². The summed E-state index contributed by atoms with van der Waals surface area (Å²) in [5, 5.41) is 0. The molecule has 4 heteroatoms. The van der Waals surface area contributed by atoms with Crippen LogP contribution >= 0.6 is 0 Å². The van der Waals surface area contributed by atoms with Crippen molar-refractivity contribution in [1.29, 1.82) is 0 Å². The van der Waals surface area contributed by atoms with E-state index in [1.54, 1.807) is 12.4 Å². The van der Waals surface area contributed by atoms with Gasteiger partial charge in [-0.05, 0) is 30.4 Å². The number of hydrogen-bond acceptors (Lipinski definition) is 4. The zero-order chi connectivity index (χ0) is 15.9. The van der Waals surface area contributed by atoms with Crippen LogP contribution in [-0.2, 0) is 4.84 Å². The molecule has 126 valence electrons. The molecule has 0 radical (unpaired) electrons. The van der Waals surface area contributed by atoms with Crippen LogP contribution in [0.25, 0.3) is 0 Å². The van der Waals surface area contributed by atoms with Gasteiger partial charge in [-0.2, -0.15) is 0 Å². The van der Waals surface area contributed by atoms with Gasteiger partial charge in [0.15, 0.2) is 12.1 Å². The fourth-order valence-electron chi connectivity index (χ4n) is 3.79. The van der Waals surface area contributed by atoms with Gasteiger partial charge in [-0.15, -0.1) is 0 Å². The fraction of sp³-hybridized carbons (Fsp3) is 0.684. The predicted molar refractivity (Wildman–Crippen MR) is 93.0 cm³/mol. The van der Waals surface area contributed by atoms with Gasteiger partial charge >= 0.3 is 0 Å². The molecule has 23 heavy (non-hydrogen) atoms. The molecule has 1 fully saturated rings. The van der Waals surface area contributed by atoms with Gasteiger partial charge in [0.1, 0.15) is 0 Å².